The van der Waals surface area contributed by atoms with Crippen LogP contribution in [0.15, 0.2) is 66.7 Å². The van der Waals surface area contributed by atoms with Gasteiger partial charge in [-0.15, -0.1) is 0 Å². The summed E-state index contributed by atoms with van der Waals surface area (Å²) in [6.45, 7) is 18.5. The van der Waals surface area contributed by atoms with E-state index in [-0.39, 0.29) is 124 Å². The maximum atomic E-state index is 14.9. The molecule has 0 radical (unpaired) electrons. The van der Waals surface area contributed by atoms with Gasteiger partial charge < -0.3 is 71.7 Å². The number of methoxy groups -OCH3 is 2. The number of nitrogens with one attached hydrogen (secondary N) is 6. The van der Waals surface area contributed by atoms with Crippen molar-refractivity contribution in [3.63, 3.8) is 0 Å². The third-order valence-corrected chi connectivity index (χ3v) is 18.9. The van der Waals surface area contributed by atoms with Gasteiger partial charge in [-0.2, -0.15) is 0 Å². The lowest BCUT2D eigenvalue weighted by Gasteiger charge is -2.42. The molecule has 3 aliphatic rings. The summed E-state index contributed by atoms with van der Waals surface area (Å²) in [5, 5.41) is 26.6. The van der Waals surface area contributed by atoms with Crippen LogP contribution in [0.2, 0.25) is 0 Å². The number of nitrogens with zero attached hydrogens (tertiary/aromatic N) is 5. The Kier molecular flexibility index (Phi) is 32.7. The first kappa shape index (κ1) is 81.2. The van der Waals surface area contributed by atoms with Crippen LogP contribution in [0.1, 0.15) is 138 Å². The van der Waals surface area contributed by atoms with Crippen LogP contribution in [-0.2, 0) is 75.2 Å². The minimum Gasteiger partial charge on any atom is -0.480 e. The van der Waals surface area contributed by atoms with Gasteiger partial charge in [-0.25, -0.2) is 14.4 Å². The van der Waals surface area contributed by atoms with Crippen LogP contribution < -0.4 is 37.6 Å². The maximum Gasteiger partial charge on any atom is 0.410 e. The number of anilines is 1. The SMILES string of the molecule is CC[C@H](C)[C@@H](C(CC(=O)N1CCC[C@H]1[C@H](OC)[C@@H](C)C(=O)N[C@@H](Cc1ccccc1)C(=O)O)OC)N(C)C(=O)[C@@H](NC(=O)[C@H](C(C)C)N1CCN(C(=O)OCc2ccc(NC(=O)[C@H](CCCNC(N)=O)NC(=O)[C@@H](NC(=O)CCCCCN3C(=O)C=CC3=O)C(C)C)cc2)CC1)C(C)C. The molecule has 0 aromatic heterocycles. The number of piperazine rings is 1. The quantitative estimate of drug-likeness (QED) is 0.0341. The fraction of sp³-hybridized carbons (Fsp3) is 0.634. The smallest absolute Gasteiger partial charge is 0.410 e. The number of aliphatic carboxylic acids is 1. The van der Waals surface area contributed by atoms with E-state index >= 15 is 0 Å². The number of primary amides is 1. The number of hydrogen-bond donors (Lipinski definition) is 8. The van der Waals surface area contributed by atoms with Crippen molar-refractivity contribution < 1.29 is 76.9 Å². The molecule has 2 fully saturated rings. The molecule has 28 heteroatoms. The van der Waals surface area contributed by atoms with E-state index in [2.05, 4.69) is 31.9 Å². The number of carboxylic acid groups (broad SMARTS) is 1. The predicted octanol–water partition coefficient (Wildman–Crippen LogP) is 4.34. The number of urea groups is 1. The lowest BCUT2D eigenvalue weighted by Crippen LogP contribution is -2.62. The van der Waals surface area contributed by atoms with Crippen LogP contribution in [0, 0.1) is 29.6 Å². The van der Waals surface area contributed by atoms with Crippen molar-refractivity contribution >= 4 is 76.9 Å². The molecular weight excluding hydrogens is 1280 g/mol. The van der Waals surface area contributed by atoms with E-state index in [4.69, 9.17) is 19.9 Å². The number of benzene rings is 2. The fourth-order valence-electron chi connectivity index (χ4n) is 13.1. The molecule has 0 bridgehead atoms. The Morgan fingerprint density at radius 3 is 1.90 bits per heavy atom. The number of carbonyl (C=O) groups is 12. The highest BCUT2D eigenvalue weighted by atomic mass is 16.6. The molecule has 2 aromatic carbocycles. The fourth-order valence-corrected chi connectivity index (χ4v) is 13.1. The van der Waals surface area contributed by atoms with Gasteiger partial charge in [0, 0.05) is 97.8 Å². The number of rotatable bonds is 39. The van der Waals surface area contributed by atoms with E-state index in [1.165, 1.54) is 26.4 Å². The Balaban J connectivity index is 1.13. The highest BCUT2D eigenvalue weighted by molar-refractivity contribution is 6.12. The van der Waals surface area contributed by atoms with E-state index in [1.54, 1.807) is 91.0 Å². The molecule has 3 aliphatic heterocycles. The van der Waals surface area contributed by atoms with Gasteiger partial charge in [0.05, 0.1) is 42.7 Å². The number of amides is 12. The van der Waals surface area contributed by atoms with Gasteiger partial charge >= 0.3 is 18.1 Å². The summed E-state index contributed by atoms with van der Waals surface area (Å²) in [6, 6.07) is 8.84. The third-order valence-electron chi connectivity index (χ3n) is 18.9. The molecule has 12 amide bonds. The lowest BCUT2D eigenvalue weighted by molar-refractivity contribution is -0.148. The molecule has 28 nitrogen and oxygen atoms in total. The monoisotopic (exact) mass is 1380 g/mol. The molecule has 0 aliphatic carbocycles. The van der Waals surface area contributed by atoms with E-state index in [0.29, 0.717) is 69.4 Å². The number of likely N-dealkylation sites (N-methyl/N-ethyl adjacent to an activating group) is 1. The molecule has 2 aromatic rings. The van der Waals surface area contributed by atoms with Crippen LogP contribution in [0.4, 0.5) is 15.3 Å². The van der Waals surface area contributed by atoms with Gasteiger partial charge in [-0.05, 0) is 85.5 Å². The Morgan fingerprint density at radius 2 is 1.32 bits per heavy atom. The molecule has 3 heterocycles. The maximum absolute atomic E-state index is 14.9. The number of likely N-dealkylation sites (tertiary alicyclic amines) is 1. The second-order valence-electron chi connectivity index (χ2n) is 27.1. The summed E-state index contributed by atoms with van der Waals surface area (Å²) in [7, 11) is 4.64. The second-order valence-corrected chi connectivity index (χ2v) is 27.1. The topological polar surface area (TPSA) is 367 Å². The summed E-state index contributed by atoms with van der Waals surface area (Å²) in [5.74, 6) is -6.82. The normalized spacial score (nSPS) is 17.9. The summed E-state index contributed by atoms with van der Waals surface area (Å²) >= 11 is 0. The highest BCUT2D eigenvalue weighted by Gasteiger charge is 2.44. The molecular formula is C71H108N12O16. The zero-order valence-corrected chi connectivity index (χ0v) is 59.8. The second kappa shape index (κ2) is 39.9. The van der Waals surface area contributed by atoms with Gasteiger partial charge in [-0.1, -0.05) is 118 Å². The number of carboxylic acids is 1. The number of nitrogens with two attached hydrogens (primary N) is 1. The van der Waals surface area contributed by atoms with Gasteiger partial charge in [0.1, 0.15) is 30.8 Å². The average Bonchev–Trinajstić information content (AvgIpc) is 1.77. The van der Waals surface area contributed by atoms with Crippen molar-refractivity contribution in [3.05, 3.63) is 77.9 Å². The van der Waals surface area contributed by atoms with Gasteiger partial charge in [-0.3, -0.25) is 53.0 Å². The Morgan fingerprint density at radius 1 is 0.687 bits per heavy atom. The molecule has 5 rings (SSSR count). The van der Waals surface area contributed by atoms with Gasteiger partial charge in [0.25, 0.3) is 11.8 Å². The number of ether oxygens (including phenoxy) is 3. The molecule has 1 unspecified atom stereocenters. The highest BCUT2D eigenvalue weighted by Crippen LogP contribution is 2.30. The van der Waals surface area contributed by atoms with E-state index in [1.807, 2.05) is 52.5 Å². The van der Waals surface area contributed by atoms with Crippen LogP contribution >= 0.6 is 0 Å². The van der Waals surface area contributed by atoms with Gasteiger partial charge in [0.2, 0.25) is 41.4 Å². The lowest BCUT2D eigenvalue weighted by atomic mass is 9.89. The Bertz CT molecular complexity index is 3070. The molecule has 9 N–H and O–H groups in total. The van der Waals surface area contributed by atoms with Crippen LogP contribution in [-0.4, -0.2) is 222 Å². The summed E-state index contributed by atoms with van der Waals surface area (Å²) in [6.07, 6.45) is 4.14. The van der Waals surface area contributed by atoms with E-state index in [0.717, 1.165) is 10.5 Å². The van der Waals surface area contributed by atoms with Gasteiger partial charge in [0.15, 0.2) is 0 Å². The van der Waals surface area contributed by atoms with E-state index < -0.39 is 96.2 Å². The Labute approximate surface area is 582 Å². The first-order chi connectivity index (χ1) is 47.0. The minimum absolute atomic E-state index is 0.0858. The van der Waals surface area contributed by atoms with Crippen molar-refractivity contribution in [1.82, 2.24) is 51.1 Å². The van der Waals surface area contributed by atoms with Crippen molar-refractivity contribution in [2.45, 2.75) is 194 Å². The summed E-state index contributed by atoms with van der Waals surface area (Å²) < 4.78 is 17.8. The minimum atomic E-state index is -1.18. The van der Waals surface area contributed by atoms with Crippen molar-refractivity contribution in [3.8, 4) is 0 Å². The molecule has 0 saturated carbocycles. The van der Waals surface area contributed by atoms with Crippen LogP contribution in [0.5, 0.6) is 0 Å². The first-order valence-electron chi connectivity index (χ1n) is 34.7. The van der Waals surface area contributed by atoms with Crippen molar-refractivity contribution in [2.75, 3.05) is 72.4 Å². The van der Waals surface area contributed by atoms with Crippen molar-refractivity contribution in [1.29, 1.82) is 0 Å². The molecule has 11 atom stereocenters. The molecule has 2 saturated heterocycles. The number of imide groups is 1. The first-order valence-corrected chi connectivity index (χ1v) is 34.7. The average molecular weight is 1390 g/mol. The molecule has 548 valence electrons. The predicted molar refractivity (Wildman–Crippen MR) is 369 cm³/mol. The number of hydrogen-bond acceptors (Lipinski definition) is 16. The zero-order chi connectivity index (χ0) is 73.2. The largest absolute Gasteiger partial charge is 0.480 e. The summed E-state index contributed by atoms with van der Waals surface area (Å²) in [5.41, 5.74) is 6.98. The van der Waals surface area contributed by atoms with Crippen LogP contribution in [0.25, 0.3) is 0 Å². The molecule has 99 heavy (non-hydrogen) atoms. The molecule has 0 spiro atoms. The number of unbranched alkanes of at least 4 members (excludes halogenated alkanes) is 2. The van der Waals surface area contributed by atoms with Crippen LogP contribution in [0.3, 0.4) is 0 Å². The zero-order valence-electron chi connectivity index (χ0n) is 59.8. The van der Waals surface area contributed by atoms with Crippen molar-refractivity contribution in [2.24, 2.45) is 35.3 Å². The Hall–Kier alpha value is -8.50. The standard InChI is InChI=1S/C71H108N12O16/c1-13-46(8)62(54(97-11)41-58(87)82-35-21-25-53(82)63(98-12)47(9)64(88)76-52(69(93)94)40-48-22-16-14-17-23-48)79(10)68(92)60(44(4)5)78-67(91)61(45(6)7)80-36-38-81(39-37-80)71(96)99-42-49-27-29-50(30-28-49)74-65(89)51(24-20-33-73-70(72)95)75-66(90)59(43(2)3)77-55(84)26-18-15-19-34-83-56(85)31-32-57(83)86/h14,16-17,22-23,27-32,43-47,51-54,59-63H,13,15,18-21,24-26,33-42H2,1-12H3,(H,74,89)(H,75,90)(H,76,88)(H,77,84)(H,78,91)(H,93,94)(H3,72,73,95)/t46-,47+,51-,52-,53-,54?,59-,60-,61-,62-,63+/m0/s1. The summed E-state index contributed by atoms with van der Waals surface area (Å²) in [4.78, 5) is 167. The third kappa shape index (κ3) is 24.1. The number of carbonyl (C=O) groups excluding carboxylic acids is 11. The van der Waals surface area contributed by atoms with E-state index in [9.17, 15) is 62.6 Å².